The van der Waals surface area contributed by atoms with E-state index < -0.39 is 0 Å². The van der Waals surface area contributed by atoms with E-state index in [-0.39, 0.29) is 0 Å². The number of hydrogen-bond donors (Lipinski definition) is 1. The third-order valence-corrected chi connectivity index (χ3v) is 2.28. The molecule has 80 valence electrons. The second kappa shape index (κ2) is 3.86. The van der Waals surface area contributed by atoms with Gasteiger partial charge in [0.25, 0.3) is 0 Å². The van der Waals surface area contributed by atoms with Crippen molar-refractivity contribution in [2.75, 3.05) is 0 Å². The molecule has 0 saturated heterocycles. The molecule has 2 N–H and O–H groups in total. The zero-order valence-corrected chi connectivity index (χ0v) is 8.90. The van der Waals surface area contributed by atoms with Gasteiger partial charge in [0.2, 0.25) is 0 Å². The minimum atomic E-state index is 0.370. The van der Waals surface area contributed by atoms with Crippen molar-refractivity contribution >= 4 is 0 Å². The fourth-order valence-corrected chi connectivity index (χ4v) is 1.55. The first kappa shape index (κ1) is 9.92. The van der Waals surface area contributed by atoms with E-state index in [1.807, 2.05) is 19.3 Å². The van der Waals surface area contributed by atoms with Crippen molar-refractivity contribution in [1.29, 1.82) is 0 Å². The van der Waals surface area contributed by atoms with Gasteiger partial charge in [-0.05, 0) is 6.42 Å². The van der Waals surface area contributed by atoms with Gasteiger partial charge in [-0.25, -0.2) is 0 Å². The largest absolute Gasteiger partial charge is 0.359 e. The summed E-state index contributed by atoms with van der Waals surface area (Å²) in [6.45, 7) is 2.43. The highest BCUT2D eigenvalue weighted by molar-refractivity contribution is 5.60. The van der Waals surface area contributed by atoms with Gasteiger partial charge in [-0.1, -0.05) is 12.1 Å². The molecule has 0 amide bonds. The van der Waals surface area contributed by atoms with E-state index in [9.17, 15) is 0 Å². The molecule has 2 rings (SSSR count). The van der Waals surface area contributed by atoms with Crippen molar-refractivity contribution in [3.63, 3.8) is 0 Å². The number of rotatable bonds is 3. The van der Waals surface area contributed by atoms with Crippen LogP contribution in [0.3, 0.4) is 0 Å². The molecule has 0 atom stereocenters. The molecular weight excluding hydrogens is 192 g/mol. The molecule has 0 spiro atoms. The molecule has 2 aromatic rings. The van der Waals surface area contributed by atoms with E-state index in [1.54, 1.807) is 4.68 Å². The third-order valence-electron chi connectivity index (χ3n) is 2.28. The van der Waals surface area contributed by atoms with E-state index in [0.717, 1.165) is 23.4 Å². The van der Waals surface area contributed by atoms with Crippen LogP contribution in [-0.2, 0) is 20.0 Å². The molecule has 0 aliphatic carbocycles. The van der Waals surface area contributed by atoms with Crippen LogP contribution in [-0.4, -0.2) is 14.9 Å². The van der Waals surface area contributed by atoms with Crippen molar-refractivity contribution in [2.24, 2.45) is 12.8 Å². The maximum Gasteiger partial charge on any atom is 0.150 e. The first-order valence-corrected chi connectivity index (χ1v) is 4.93. The zero-order chi connectivity index (χ0) is 10.8. The van der Waals surface area contributed by atoms with Gasteiger partial charge in [0.05, 0.1) is 12.2 Å². The van der Waals surface area contributed by atoms with E-state index in [4.69, 9.17) is 10.3 Å². The van der Waals surface area contributed by atoms with Crippen molar-refractivity contribution in [3.05, 3.63) is 23.7 Å². The molecule has 5 nitrogen and oxygen atoms in total. The Morgan fingerprint density at radius 2 is 2.33 bits per heavy atom. The standard InChI is InChI=1S/C10H14N4O/c1-3-9-8(6-14(2)12-9)10-4-7(5-11)15-13-10/h4,6H,3,5,11H2,1-2H3. The van der Waals surface area contributed by atoms with Crippen LogP contribution in [0.15, 0.2) is 16.8 Å². The summed E-state index contributed by atoms with van der Waals surface area (Å²) < 4.78 is 6.85. The Morgan fingerprint density at radius 3 is 2.93 bits per heavy atom. The van der Waals surface area contributed by atoms with Crippen LogP contribution in [0.4, 0.5) is 0 Å². The van der Waals surface area contributed by atoms with Crippen LogP contribution < -0.4 is 5.73 Å². The minimum absolute atomic E-state index is 0.370. The molecule has 0 aliphatic rings. The molecule has 0 aromatic carbocycles. The summed E-state index contributed by atoms with van der Waals surface area (Å²) >= 11 is 0. The molecule has 2 heterocycles. The average Bonchev–Trinajstić information content (AvgIpc) is 2.82. The first-order chi connectivity index (χ1) is 7.24. The first-order valence-electron chi connectivity index (χ1n) is 4.93. The summed E-state index contributed by atoms with van der Waals surface area (Å²) in [5.74, 6) is 0.691. The van der Waals surface area contributed by atoms with E-state index in [0.29, 0.717) is 12.3 Å². The lowest BCUT2D eigenvalue weighted by Gasteiger charge is -1.91. The van der Waals surface area contributed by atoms with Gasteiger partial charge in [0, 0.05) is 24.9 Å². The van der Waals surface area contributed by atoms with Crippen molar-refractivity contribution in [3.8, 4) is 11.3 Å². The van der Waals surface area contributed by atoms with Crippen LogP contribution in [0.25, 0.3) is 11.3 Å². The van der Waals surface area contributed by atoms with Gasteiger partial charge in [-0.3, -0.25) is 4.68 Å². The number of aryl methyl sites for hydroxylation is 2. The van der Waals surface area contributed by atoms with E-state index in [2.05, 4.69) is 17.2 Å². The highest BCUT2D eigenvalue weighted by Crippen LogP contribution is 2.22. The highest BCUT2D eigenvalue weighted by Gasteiger charge is 2.12. The lowest BCUT2D eigenvalue weighted by Crippen LogP contribution is -1.92. The van der Waals surface area contributed by atoms with Crippen LogP contribution in [0.2, 0.25) is 0 Å². The summed E-state index contributed by atoms with van der Waals surface area (Å²) in [7, 11) is 1.90. The average molecular weight is 206 g/mol. The maximum absolute atomic E-state index is 5.46. The second-order valence-corrected chi connectivity index (χ2v) is 3.40. The molecule has 0 saturated carbocycles. The molecule has 0 unspecified atom stereocenters. The number of aromatic nitrogens is 3. The maximum atomic E-state index is 5.46. The van der Waals surface area contributed by atoms with E-state index >= 15 is 0 Å². The summed E-state index contributed by atoms with van der Waals surface area (Å²) in [6, 6.07) is 1.86. The van der Waals surface area contributed by atoms with Gasteiger partial charge < -0.3 is 10.3 Å². The van der Waals surface area contributed by atoms with Gasteiger partial charge in [-0.2, -0.15) is 5.10 Å². The fourth-order valence-electron chi connectivity index (χ4n) is 1.55. The monoisotopic (exact) mass is 206 g/mol. The SMILES string of the molecule is CCc1nn(C)cc1-c1cc(CN)on1. The van der Waals surface area contributed by atoms with Crippen LogP contribution in [0, 0.1) is 0 Å². The van der Waals surface area contributed by atoms with E-state index in [1.165, 1.54) is 0 Å². The van der Waals surface area contributed by atoms with Crippen LogP contribution in [0.1, 0.15) is 18.4 Å². The Hall–Kier alpha value is -1.62. The molecule has 0 bridgehead atoms. The molecule has 0 radical (unpaired) electrons. The number of nitrogens with zero attached hydrogens (tertiary/aromatic N) is 3. The minimum Gasteiger partial charge on any atom is -0.359 e. The van der Waals surface area contributed by atoms with Gasteiger partial charge in [-0.15, -0.1) is 0 Å². The summed E-state index contributed by atoms with van der Waals surface area (Å²) in [5.41, 5.74) is 8.31. The smallest absolute Gasteiger partial charge is 0.150 e. The van der Waals surface area contributed by atoms with Crippen LogP contribution in [0.5, 0.6) is 0 Å². The van der Waals surface area contributed by atoms with Gasteiger partial charge in [0.1, 0.15) is 5.69 Å². The number of nitrogens with two attached hydrogens (primary N) is 1. The molecule has 5 heteroatoms. The second-order valence-electron chi connectivity index (χ2n) is 3.40. The zero-order valence-electron chi connectivity index (χ0n) is 8.90. The van der Waals surface area contributed by atoms with Crippen molar-refractivity contribution in [2.45, 2.75) is 19.9 Å². The molecule has 15 heavy (non-hydrogen) atoms. The van der Waals surface area contributed by atoms with Crippen molar-refractivity contribution in [1.82, 2.24) is 14.9 Å². The quantitative estimate of drug-likeness (QED) is 0.816. The summed E-state index contributed by atoms with van der Waals surface area (Å²) in [5, 5.41) is 8.32. The fraction of sp³-hybridized carbons (Fsp3) is 0.400. The summed E-state index contributed by atoms with van der Waals surface area (Å²) in [4.78, 5) is 0. The van der Waals surface area contributed by atoms with Gasteiger partial charge >= 0.3 is 0 Å². The Kier molecular flexibility index (Phi) is 2.55. The van der Waals surface area contributed by atoms with Crippen molar-refractivity contribution < 1.29 is 4.52 Å². The predicted octanol–water partition coefficient (Wildman–Crippen LogP) is 1.10. The Bertz CT molecular complexity index is 458. The van der Waals surface area contributed by atoms with Gasteiger partial charge in [0.15, 0.2) is 5.76 Å². The Morgan fingerprint density at radius 1 is 1.53 bits per heavy atom. The Balaban J connectivity index is 2.43. The molecule has 0 aliphatic heterocycles. The molecule has 2 aromatic heterocycles. The lowest BCUT2D eigenvalue weighted by atomic mass is 10.1. The van der Waals surface area contributed by atoms with Crippen LogP contribution >= 0.6 is 0 Å². The summed E-state index contributed by atoms with van der Waals surface area (Å²) in [6.07, 6.45) is 2.82. The Labute approximate surface area is 87.9 Å². The molecular formula is C10H14N4O. The third kappa shape index (κ3) is 1.78. The topological polar surface area (TPSA) is 69.9 Å². The number of hydrogen-bond acceptors (Lipinski definition) is 4. The lowest BCUT2D eigenvalue weighted by molar-refractivity contribution is 0.387. The highest BCUT2D eigenvalue weighted by atomic mass is 16.5. The molecule has 0 fully saturated rings. The normalized spacial score (nSPS) is 10.9. The predicted molar refractivity (Wildman–Crippen MR) is 56.0 cm³/mol.